The minimum absolute atomic E-state index is 0.0470. The summed E-state index contributed by atoms with van der Waals surface area (Å²) in [5, 5.41) is 18.3. The van der Waals surface area contributed by atoms with Crippen LogP contribution in [0.5, 0.6) is 0 Å². The van der Waals surface area contributed by atoms with Crippen molar-refractivity contribution in [3.8, 4) is 0 Å². The Morgan fingerprint density at radius 2 is 1.17 bits per heavy atom. The van der Waals surface area contributed by atoms with E-state index in [1.165, 1.54) is 83.5 Å². The van der Waals surface area contributed by atoms with Crippen LogP contribution in [0.25, 0.3) is 0 Å². The van der Waals surface area contributed by atoms with Crippen LogP contribution >= 0.6 is 7.82 Å². The van der Waals surface area contributed by atoms with Gasteiger partial charge >= 0.3 is 13.8 Å². The third kappa shape index (κ3) is 34.8. The molecule has 10 heteroatoms. The first-order valence-electron chi connectivity index (χ1n) is 19.3. The molecule has 3 N–H and O–H groups in total. The zero-order valence-electron chi connectivity index (χ0n) is 30.7. The van der Waals surface area contributed by atoms with Gasteiger partial charge in [-0.25, -0.2) is 4.57 Å². The van der Waals surface area contributed by atoms with Gasteiger partial charge in [0.2, 0.25) is 0 Å². The van der Waals surface area contributed by atoms with Crippen LogP contribution in [0.15, 0.2) is 24.3 Å². The van der Waals surface area contributed by atoms with E-state index in [1.54, 1.807) is 0 Å². The molecule has 48 heavy (non-hydrogen) atoms. The number of aliphatic hydroxyl groups is 2. The Kier molecular flexibility index (Phi) is 35.0. The molecule has 3 atom stereocenters. The molecule has 284 valence electrons. The molecule has 0 aromatic heterocycles. The van der Waals surface area contributed by atoms with Crippen LogP contribution in [-0.4, -0.2) is 66.3 Å². The van der Waals surface area contributed by atoms with E-state index >= 15 is 0 Å². The van der Waals surface area contributed by atoms with E-state index in [1.807, 2.05) is 0 Å². The summed E-state index contributed by atoms with van der Waals surface area (Å²) in [6, 6.07) is 0. The van der Waals surface area contributed by atoms with Gasteiger partial charge in [0.05, 0.1) is 26.4 Å². The Balaban J connectivity index is 4.23. The second-order valence-electron chi connectivity index (χ2n) is 13.0. The average Bonchev–Trinajstić information content (AvgIpc) is 3.07. The fraction of sp³-hybridized carbons (Fsp3) is 0.868. The Morgan fingerprint density at radius 3 is 1.75 bits per heavy atom. The number of carbonyl (C=O) groups excluding carboxylic acids is 1. The molecule has 0 aliphatic heterocycles. The van der Waals surface area contributed by atoms with Gasteiger partial charge in [0.1, 0.15) is 12.2 Å². The van der Waals surface area contributed by atoms with Crippen LogP contribution in [0.1, 0.15) is 168 Å². The van der Waals surface area contributed by atoms with E-state index < -0.39 is 39.2 Å². The third-order valence-corrected chi connectivity index (χ3v) is 9.07. The third-order valence-electron chi connectivity index (χ3n) is 8.12. The summed E-state index contributed by atoms with van der Waals surface area (Å²) < 4.78 is 33.2. The maximum absolute atomic E-state index is 12.5. The molecule has 0 aromatic carbocycles. The largest absolute Gasteiger partial charge is 0.472 e. The molecule has 0 bridgehead atoms. The van der Waals surface area contributed by atoms with Crippen molar-refractivity contribution in [2.24, 2.45) is 0 Å². The lowest BCUT2D eigenvalue weighted by Crippen LogP contribution is -2.29. The highest BCUT2D eigenvalue weighted by Crippen LogP contribution is 2.43. The minimum Gasteiger partial charge on any atom is -0.457 e. The van der Waals surface area contributed by atoms with Crippen molar-refractivity contribution in [3.63, 3.8) is 0 Å². The number of carbonyl (C=O) groups is 1. The maximum Gasteiger partial charge on any atom is 0.472 e. The van der Waals surface area contributed by atoms with Crippen molar-refractivity contribution in [1.82, 2.24) is 0 Å². The zero-order valence-corrected chi connectivity index (χ0v) is 31.6. The minimum atomic E-state index is -4.51. The fourth-order valence-electron chi connectivity index (χ4n) is 5.16. The van der Waals surface area contributed by atoms with E-state index in [4.69, 9.17) is 23.6 Å². The standard InChI is InChI=1S/C38H73O9P/c1-3-5-7-9-11-13-15-17-19-21-23-25-27-29-31-44-34-37(35-46-48(42,43)45-33-36(40)32-39)47-38(41)30-28-26-24-22-20-18-16-14-12-10-8-6-4-2/h8,10,14,16,36-37,39-40H,3-7,9,11-13,15,17-35H2,1-2H3,(H,42,43)/b10-8-,16-14-. The normalized spacial score (nSPS) is 14.5. The Labute approximate surface area is 293 Å². The van der Waals surface area contributed by atoms with Crippen LogP contribution in [-0.2, 0) is 27.9 Å². The van der Waals surface area contributed by atoms with Crippen molar-refractivity contribution in [1.29, 1.82) is 0 Å². The summed E-state index contributed by atoms with van der Waals surface area (Å²) in [6.07, 6.45) is 34.2. The summed E-state index contributed by atoms with van der Waals surface area (Å²) >= 11 is 0. The molecule has 0 rings (SSSR count). The molecule has 9 nitrogen and oxygen atoms in total. The molecular formula is C38H73O9P. The van der Waals surface area contributed by atoms with E-state index in [-0.39, 0.29) is 19.6 Å². The van der Waals surface area contributed by atoms with Gasteiger partial charge in [-0.3, -0.25) is 13.8 Å². The number of hydrogen-bond donors (Lipinski definition) is 3. The predicted molar refractivity (Wildman–Crippen MR) is 196 cm³/mol. The quantitative estimate of drug-likeness (QED) is 0.0250. The summed E-state index contributed by atoms with van der Waals surface area (Å²) in [4.78, 5) is 22.5. The molecule has 0 radical (unpaired) electrons. The highest BCUT2D eigenvalue weighted by molar-refractivity contribution is 7.47. The van der Waals surface area contributed by atoms with E-state index in [2.05, 4.69) is 38.2 Å². The summed E-state index contributed by atoms with van der Waals surface area (Å²) in [7, 11) is -4.51. The topological polar surface area (TPSA) is 132 Å². The van der Waals surface area contributed by atoms with Crippen LogP contribution in [0.4, 0.5) is 0 Å². The smallest absolute Gasteiger partial charge is 0.457 e. The fourth-order valence-corrected chi connectivity index (χ4v) is 5.95. The first-order chi connectivity index (χ1) is 23.3. The van der Waals surface area contributed by atoms with Gasteiger partial charge < -0.3 is 24.6 Å². The summed E-state index contributed by atoms with van der Waals surface area (Å²) in [6.45, 7) is 3.44. The molecule has 0 spiro atoms. The van der Waals surface area contributed by atoms with Crippen molar-refractivity contribution in [3.05, 3.63) is 24.3 Å². The number of rotatable bonds is 37. The second-order valence-corrected chi connectivity index (χ2v) is 14.4. The molecule has 0 heterocycles. The lowest BCUT2D eigenvalue weighted by atomic mass is 10.0. The van der Waals surface area contributed by atoms with E-state index in [9.17, 15) is 19.4 Å². The van der Waals surface area contributed by atoms with Gasteiger partial charge in [-0.1, -0.05) is 147 Å². The molecule has 0 aromatic rings. The molecule has 0 amide bonds. The average molecular weight is 705 g/mol. The van der Waals surface area contributed by atoms with E-state index in [0.717, 1.165) is 57.8 Å². The van der Waals surface area contributed by atoms with Crippen molar-refractivity contribution >= 4 is 13.8 Å². The predicted octanol–water partition coefficient (Wildman–Crippen LogP) is 9.92. The number of phosphoric ester groups is 1. The first kappa shape index (κ1) is 46.9. The van der Waals surface area contributed by atoms with Gasteiger partial charge in [-0.15, -0.1) is 0 Å². The van der Waals surface area contributed by atoms with E-state index in [0.29, 0.717) is 13.0 Å². The maximum atomic E-state index is 12.5. The Morgan fingerprint density at radius 1 is 0.646 bits per heavy atom. The lowest BCUT2D eigenvalue weighted by molar-refractivity contribution is -0.154. The van der Waals surface area contributed by atoms with Gasteiger partial charge in [-0.05, 0) is 38.5 Å². The van der Waals surface area contributed by atoms with Crippen LogP contribution in [0, 0.1) is 0 Å². The molecule has 0 aliphatic rings. The van der Waals surface area contributed by atoms with Crippen molar-refractivity contribution in [2.45, 2.75) is 180 Å². The number of unbranched alkanes of at least 4 members (excludes halogenated alkanes) is 19. The van der Waals surface area contributed by atoms with Gasteiger partial charge in [0.25, 0.3) is 0 Å². The molecule has 3 unspecified atom stereocenters. The van der Waals surface area contributed by atoms with Crippen molar-refractivity contribution < 1.29 is 43.0 Å². The molecule has 0 saturated heterocycles. The summed E-state index contributed by atoms with van der Waals surface area (Å²) in [5.41, 5.74) is 0. The van der Waals surface area contributed by atoms with Crippen LogP contribution in [0.3, 0.4) is 0 Å². The number of esters is 1. The van der Waals surface area contributed by atoms with Gasteiger partial charge in [0, 0.05) is 13.0 Å². The highest BCUT2D eigenvalue weighted by Gasteiger charge is 2.26. The second kappa shape index (κ2) is 35.8. The Hall–Kier alpha value is -1.06. The number of ether oxygens (including phenoxy) is 2. The summed E-state index contributed by atoms with van der Waals surface area (Å²) in [5.74, 6) is -0.396. The molecule has 0 aliphatic carbocycles. The van der Waals surface area contributed by atoms with Gasteiger partial charge in [0.15, 0.2) is 0 Å². The van der Waals surface area contributed by atoms with Crippen molar-refractivity contribution in [2.75, 3.05) is 33.0 Å². The highest BCUT2D eigenvalue weighted by atomic mass is 31.2. The first-order valence-corrected chi connectivity index (χ1v) is 20.8. The number of phosphoric acid groups is 1. The SMILES string of the molecule is CCC/C=C\C/C=C\CCCCCCCC(=O)OC(COCCCCCCCCCCCCCCCC)COP(=O)(O)OCC(O)CO. The monoisotopic (exact) mass is 704 g/mol. The lowest BCUT2D eigenvalue weighted by Gasteiger charge is -2.20. The van der Waals surface area contributed by atoms with Crippen LogP contribution in [0.2, 0.25) is 0 Å². The molecular weight excluding hydrogens is 631 g/mol. The number of aliphatic hydroxyl groups excluding tert-OH is 2. The Bertz CT molecular complexity index is 805. The number of hydrogen-bond acceptors (Lipinski definition) is 8. The molecule has 0 saturated carbocycles. The number of allylic oxidation sites excluding steroid dienone is 4. The zero-order chi connectivity index (χ0) is 35.4. The molecule has 0 fully saturated rings. The van der Waals surface area contributed by atoms with Crippen LogP contribution < -0.4 is 0 Å². The van der Waals surface area contributed by atoms with Gasteiger partial charge in [-0.2, -0.15) is 0 Å².